The van der Waals surface area contributed by atoms with Gasteiger partial charge in [-0.1, -0.05) is 0 Å². The molecule has 3 rings (SSSR count). The summed E-state index contributed by atoms with van der Waals surface area (Å²) < 4.78 is 2.01. The lowest BCUT2D eigenvalue weighted by Gasteiger charge is -2.27. The Morgan fingerprint density at radius 3 is 2.74 bits per heavy atom. The maximum absolute atomic E-state index is 12.3. The predicted octanol–water partition coefficient (Wildman–Crippen LogP) is 2.24. The molecule has 2 aromatic rings. The highest BCUT2D eigenvalue weighted by Crippen LogP contribution is 2.19. The summed E-state index contributed by atoms with van der Waals surface area (Å²) in [4.78, 5) is 14.2. The van der Waals surface area contributed by atoms with Gasteiger partial charge in [-0.05, 0) is 43.5 Å². The third-order valence-electron chi connectivity index (χ3n) is 3.81. The van der Waals surface area contributed by atoms with E-state index in [0.29, 0.717) is 6.54 Å². The maximum atomic E-state index is 12.3. The van der Waals surface area contributed by atoms with Crippen molar-refractivity contribution in [2.75, 3.05) is 18.8 Å². The van der Waals surface area contributed by atoms with Gasteiger partial charge in [0.05, 0.1) is 0 Å². The van der Waals surface area contributed by atoms with Gasteiger partial charge in [0.25, 0.3) is 0 Å². The van der Waals surface area contributed by atoms with Crippen LogP contribution in [0.2, 0.25) is 0 Å². The first-order chi connectivity index (χ1) is 9.24. The van der Waals surface area contributed by atoms with Crippen LogP contribution in [0.15, 0.2) is 30.5 Å². The van der Waals surface area contributed by atoms with Crippen LogP contribution >= 0.6 is 0 Å². The number of likely N-dealkylation sites (tertiary alicyclic amines) is 1. The van der Waals surface area contributed by atoms with Gasteiger partial charge in [-0.2, -0.15) is 0 Å². The van der Waals surface area contributed by atoms with Crippen LogP contribution in [0, 0.1) is 0 Å². The van der Waals surface area contributed by atoms with Crippen molar-refractivity contribution in [1.29, 1.82) is 0 Å². The number of benzene rings is 1. The fourth-order valence-electron chi connectivity index (χ4n) is 2.75. The molecule has 1 aromatic carbocycles. The number of hydrogen-bond acceptors (Lipinski definition) is 2. The van der Waals surface area contributed by atoms with Gasteiger partial charge in [0.15, 0.2) is 0 Å². The standard InChI is InChI=1S/C15H19N3O/c16-13-4-5-14-12(10-13)6-9-18(14)11-15(19)17-7-2-1-3-8-17/h4-6,9-10H,1-3,7-8,11,16H2. The van der Waals surface area contributed by atoms with Crippen molar-refractivity contribution in [3.8, 4) is 0 Å². The van der Waals surface area contributed by atoms with E-state index in [0.717, 1.165) is 42.5 Å². The number of nitrogens with two attached hydrogens (primary N) is 1. The van der Waals surface area contributed by atoms with Crippen molar-refractivity contribution >= 4 is 22.5 Å². The number of aromatic nitrogens is 1. The van der Waals surface area contributed by atoms with Crippen LogP contribution in [-0.2, 0) is 11.3 Å². The largest absolute Gasteiger partial charge is 0.399 e. The topological polar surface area (TPSA) is 51.3 Å². The zero-order valence-corrected chi connectivity index (χ0v) is 11.0. The Labute approximate surface area is 112 Å². The van der Waals surface area contributed by atoms with Crippen LogP contribution in [-0.4, -0.2) is 28.5 Å². The average molecular weight is 257 g/mol. The first-order valence-electron chi connectivity index (χ1n) is 6.86. The molecule has 2 N–H and O–H groups in total. The molecule has 19 heavy (non-hydrogen) atoms. The molecule has 0 unspecified atom stereocenters. The van der Waals surface area contributed by atoms with E-state index in [-0.39, 0.29) is 5.91 Å². The second kappa shape index (κ2) is 4.96. The van der Waals surface area contributed by atoms with Crippen molar-refractivity contribution in [2.24, 2.45) is 0 Å². The number of anilines is 1. The van der Waals surface area contributed by atoms with Crippen molar-refractivity contribution in [3.63, 3.8) is 0 Å². The summed E-state index contributed by atoms with van der Waals surface area (Å²) in [6, 6.07) is 7.81. The van der Waals surface area contributed by atoms with Gasteiger partial charge in [-0.15, -0.1) is 0 Å². The maximum Gasteiger partial charge on any atom is 0.242 e. The number of amides is 1. The lowest BCUT2D eigenvalue weighted by atomic mass is 10.1. The molecule has 4 heteroatoms. The minimum atomic E-state index is 0.217. The van der Waals surface area contributed by atoms with Gasteiger partial charge in [0.1, 0.15) is 6.54 Å². The zero-order valence-electron chi connectivity index (χ0n) is 11.0. The van der Waals surface area contributed by atoms with Crippen LogP contribution in [0.25, 0.3) is 10.9 Å². The number of carbonyl (C=O) groups excluding carboxylic acids is 1. The van der Waals surface area contributed by atoms with E-state index in [2.05, 4.69) is 0 Å². The lowest BCUT2D eigenvalue weighted by molar-refractivity contribution is -0.132. The summed E-state index contributed by atoms with van der Waals surface area (Å²) in [5.74, 6) is 0.217. The molecule has 0 saturated carbocycles. The highest BCUT2D eigenvalue weighted by atomic mass is 16.2. The van der Waals surface area contributed by atoms with Crippen LogP contribution in [0.4, 0.5) is 5.69 Å². The summed E-state index contributed by atoms with van der Waals surface area (Å²) in [5, 5.41) is 1.09. The van der Waals surface area contributed by atoms with E-state index in [4.69, 9.17) is 5.73 Å². The summed E-state index contributed by atoms with van der Waals surface area (Å²) in [5.41, 5.74) is 7.59. The van der Waals surface area contributed by atoms with Gasteiger partial charge in [0, 0.05) is 35.9 Å². The number of carbonyl (C=O) groups is 1. The van der Waals surface area contributed by atoms with Crippen LogP contribution in [0.1, 0.15) is 19.3 Å². The molecule has 1 amide bonds. The van der Waals surface area contributed by atoms with Crippen LogP contribution in [0.3, 0.4) is 0 Å². The fourth-order valence-corrected chi connectivity index (χ4v) is 2.75. The second-order valence-corrected chi connectivity index (χ2v) is 5.20. The van der Waals surface area contributed by atoms with E-state index >= 15 is 0 Å². The Bertz CT molecular complexity index is 596. The molecule has 1 aliphatic heterocycles. The monoisotopic (exact) mass is 257 g/mol. The van der Waals surface area contributed by atoms with Crippen molar-refractivity contribution in [3.05, 3.63) is 30.5 Å². The van der Waals surface area contributed by atoms with Crippen molar-refractivity contribution in [1.82, 2.24) is 9.47 Å². The molecule has 2 heterocycles. The second-order valence-electron chi connectivity index (χ2n) is 5.20. The zero-order chi connectivity index (χ0) is 13.2. The van der Waals surface area contributed by atoms with Gasteiger partial charge in [0.2, 0.25) is 5.91 Å². The SMILES string of the molecule is Nc1ccc2c(ccn2CC(=O)N2CCCCC2)c1. The summed E-state index contributed by atoms with van der Waals surface area (Å²) >= 11 is 0. The Kier molecular flexibility index (Phi) is 3.15. The Hall–Kier alpha value is -1.97. The van der Waals surface area contributed by atoms with E-state index < -0.39 is 0 Å². The molecule has 0 atom stereocenters. The number of rotatable bonds is 2. The molecule has 0 aliphatic carbocycles. The molecule has 0 spiro atoms. The minimum Gasteiger partial charge on any atom is -0.399 e. The molecule has 4 nitrogen and oxygen atoms in total. The number of piperidine rings is 1. The van der Waals surface area contributed by atoms with Gasteiger partial charge in [-0.3, -0.25) is 4.79 Å². The van der Waals surface area contributed by atoms with E-state index in [1.807, 2.05) is 39.9 Å². The number of hydrogen-bond donors (Lipinski definition) is 1. The fraction of sp³-hybridized carbons (Fsp3) is 0.400. The first kappa shape index (κ1) is 12.1. The van der Waals surface area contributed by atoms with E-state index in [9.17, 15) is 4.79 Å². The lowest BCUT2D eigenvalue weighted by Crippen LogP contribution is -2.37. The first-order valence-corrected chi connectivity index (χ1v) is 6.86. The molecular formula is C15H19N3O. The molecule has 0 radical (unpaired) electrons. The Morgan fingerprint density at radius 2 is 1.95 bits per heavy atom. The van der Waals surface area contributed by atoms with Crippen LogP contribution < -0.4 is 5.73 Å². The van der Waals surface area contributed by atoms with Gasteiger partial charge >= 0.3 is 0 Å². The minimum absolute atomic E-state index is 0.217. The highest BCUT2D eigenvalue weighted by molar-refractivity contribution is 5.85. The molecule has 1 fully saturated rings. The smallest absolute Gasteiger partial charge is 0.242 e. The quantitative estimate of drug-likeness (QED) is 0.839. The summed E-state index contributed by atoms with van der Waals surface area (Å²) in [7, 11) is 0. The normalized spacial score (nSPS) is 15.9. The third kappa shape index (κ3) is 2.43. The molecule has 100 valence electrons. The highest BCUT2D eigenvalue weighted by Gasteiger charge is 2.17. The summed E-state index contributed by atoms with van der Waals surface area (Å²) in [6.45, 7) is 2.24. The number of nitrogen functional groups attached to an aromatic ring is 1. The number of fused-ring (bicyclic) bond motifs is 1. The molecule has 1 saturated heterocycles. The Morgan fingerprint density at radius 1 is 1.16 bits per heavy atom. The van der Waals surface area contributed by atoms with Crippen LogP contribution in [0.5, 0.6) is 0 Å². The molecule has 1 aliphatic rings. The number of nitrogens with zero attached hydrogens (tertiary/aromatic N) is 2. The molecule has 1 aromatic heterocycles. The van der Waals surface area contributed by atoms with Gasteiger partial charge < -0.3 is 15.2 Å². The predicted molar refractivity (Wildman–Crippen MR) is 76.8 cm³/mol. The van der Waals surface area contributed by atoms with Crippen molar-refractivity contribution < 1.29 is 4.79 Å². The van der Waals surface area contributed by atoms with E-state index in [1.54, 1.807) is 0 Å². The van der Waals surface area contributed by atoms with Crippen molar-refractivity contribution in [2.45, 2.75) is 25.8 Å². The molecule has 0 bridgehead atoms. The van der Waals surface area contributed by atoms with E-state index in [1.165, 1.54) is 6.42 Å². The third-order valence-corrected chi connectivity index (χ3v) is 3.81. The summed E-state index contributed by atoms with van der Waals surface area (Å²) in [6.07, 6.45) is 5.48. The molecular weight excluding hydrogens is 238 g/mol. The van der Waals surface area contributed by atoms with Gasteiger partial charge in [-0.25, -0.2) is 0 Å². The average Bonchev–Trinajstić information content (AvgIpc) is 2.82. The Balaban J connectivity index is 1.79.